The minimum atomic E-state index is -0.652. The highest BCUT2D eigenvalue weighted by Crippen LogP contribution is 2.24. The van der Waals surface area contributed by atoms with E-state index in [1.165, 1.54) is 0 Å². The van der Waals surface area contributed by atoms with Crippen molar-refractivity contribution >= 4 is 5.91 Å². The molecule has 5 nitrogen and oxygen atoms in total. The third-order valence-electron chi connectivity index (χ3n) is 3.63. The number of β-amino-alcohol motifs (C(OH)–C–C–N with tert-alkyl or cyclic N) is 1. The van der Waals surface area contributed by atoms with E-state index in [-0.39, 0.29) is 11.8 Å². The number of hydrogen-bond acceptors (Lipinski definition) is 4. The number of likely N-dealkylation sites (tertiary alicyclic amines) is 1. The first kappa shape index (κ1) is 14.0. The Morgan fingerprint density at radius 3 is 2.74 bits per heavy atom. The Hall–Kier alpha value is -1.43. The van der Waals surface area contributed by atoms with Crippen LogP contribution in [0.4, 0.5) is 0 Å². The molecule has 1 aliphatic rings. The molecule has 0 spiro atoms. The molecule has 2 atom stereocenters. The molecular weight excluding hydrogens is 242 g/mol. The van der Waals surface area contributed by atoms with Gasteiger partial charge in [-0.1, -0.05) is 30.3 Å². The molecule has 2 unspecified atom stereocenters. The molecule has 1 aromatic rings. The Morgan fingerprint density at radius 1 is 1.53 bits per heavy atom. The predicted octanol–water partition coefficient (Wildman–Crippen LogP) is 0.217. The van der Waals surface area contributed by atoms with E-state index in [4.69, 9.17) is 5.84 Å². The van der Waals surface area contributed by atoms with Gasteiger partial charge in [0, 0.05) is 19.6 Å². The number of rotatable bonds is 4. The molecule has 0 aromatic heterocycles. The van der Waals surface area contributed by atoms with Crippen molar-refractivity contribution in [3.63, 3.8) is 0 Å². The Bertz CT molecular complexity index is 434. The molecule has 1 heterocycles. The van der Waals surface area contributed by atoms with Crippen LogP contribution < -0.4 is 11.3 Å². The van der Waals surface area contributed by atoms with Gasteiger partial charge in [0.1, 0.15) is 0 Å². The highest BCUT2D eigenvalue weighted by Gasteiger charge is 2.33. The number of nitrogens with zero attached hydrogens (tertiary/aromatic N) is 1. The fourth-order valence-electron chi connectivity index (χ4n) is 2.58. The third kappa shape index (κ3) is 3.53. The molecule has 19 heavy (non-hydrogen) atoms. The molecule has 0 bridgehead atoms. The van der Waals surface area contributed by atoms with Crippen LogP contribution in [-0.4, -0.2) is 41.1 Å². The van der Waals surface area contributed by atoms with Crippen molar-refractivity contribution in [3.8, 4) is 0 Å². The van der Waals surface area contributed by atoms with E-state index in [1.807, 2.05) is 37.3 Å². The molecule has 0 aliphatic carbocycles. The lowest BCUT2D eigenvalue weighted by Crippen LogP contribution is -2.40. The zero-order valence-corrected chi connectivity index (χ0v) is 11.2. The molecule has 5 heteroatoms. The van der Waals surface area contributed by atoms with E-state index in [2.05, 4.69) is 10.3 Å². The Balaban J connectivity index is 2.10. The van der Waals surface area contributed by atoms with Crippen LogP contribution in [-0.2, 0) is 4.79 Å². The minimum Gasteiger partial charge on any atom is -0.389 e. The van der Waals surface area contributed by atoms with Crippen LogP contribution in [0.3, 0.4) is 0 Å². The minimum absolute atomic E-state index is 0.197. The van der Waals surface area contributed by atoms with Crippen LogP contribution in [0.5, 0.6) is 0 Å². The van der Waals surface area contributed by atoms with Gasteiger partial charge in [-0.15, -0.1) is 0 Å². The van der Waals surface area contributed by atoms with Crippen molar-refractivity contribution < 1.29 is 9.90 Å². The normalized spacial score (nSPS) is 25.2. The molecule has 0 saturated carbocycles. The van der Waals surface area contributed by atoms with Gasteiger partial charge in [0.05, 0.1) is 11.5 Å². The summed E-state index contributed by atoms with van der Waals surface area (Å²) in [4.78, 5) is 14.0. The molecule has 2 rings (SSSR count). The van der Waals surface area contributed by atoms with Gasteiger partial charge < -0.3 is 5.11 Å². The summed E-state index contributed by atoms with van der Waals surface area (Å²) in [5.74, 6) is 4.77. The van der Waals surface area contributed by atoms with Gasteiger partial charge >= 0.3 is 0 Å². The molecule has 1 fully saturated rings. The Kier molecular flexibility index (Phi) is 4.19. The zero-order chi connectivity index (χ0) is 13.9. The standard InChI is InChI=1S/C14H21N3O2/c1-14(19)7-8-17(10-14)9-12(13(18)16-15)11-5-3-2-4-6-11/h2-6,12,19H,7-10,15H2,1H3,(H,16,18). The van der Waals surface area contributed by atoms with Crippen LogP contribution in [0.25, 0.3) is 0 Å². The Labute approximate surface area is 113 Å². The fraction of sp³-hybridized carbons (Fsp3) is 0.500. The molecule has 4 N–H and O–H groups in total. The van der Waals surface area contributed by atoms with E-state index in [1.54, 1.807) is 0 Å². The van der Waals surface area contributed by atoms with Crippen molar-refractivity contribution in [1.29, 1.82) is 0 Å². The number of hydrogen-bond donors (Lipinski definition) is 3. The summed E-state index contributed by atoms with van der Waals surface area (Å²) in [6, 6.07) is 9.59. The molecule has 0 radical (unpaired) electrons. The summed E-state index contributed by atoms with van der Waals surface area (Å²) >= 11 is 0. The van der Waals surface area contributed by atoms with E-state index in [9.17, 15) is 9.90 Å². The summed E-state index contributed by atoms with van der Waals surface area (Å²) in [6.45, 7) is 3.79. The lowest BCUT2D eigenvalue weighted by atomic mass is 9.98. The molecular formula is C14H21N3O2. The SMILES string of the molecule is CC1(O)CCN(CC(C(=O)NN)c2ccccc2)C1. The largest absolute Gasteiger partial charge is 0.389 e. The number of benzene rings is 1. The average molecular weight is 263 g/mol. The first-order chi connectivity index (χ1) is 9.02. The highest BCUT2D eigenvalue weighted by molar-refractivity contribution is 5.83. The monoisotopic (exact) mass is 263 g/mol. The second kappa shape index (κ2) is 5.69. The summed E-state index contributed by atoms with van der Waals surface area (Å²) < 4.78 is 0. The van der Waals surface area contributed by atoms with E-state index in [0.717, 1.165) is 18.5 Å². The maximum Gasteiger partial charge on any atom is 0.242 e. The molecule has 1 amide bonds. The fourth-order valence-corrected chi connectivity index (χ4v) is 2.58. The number of carbonyl (C=O) groups excluding carboxylic acids is 1. The van der Waals surface area contributed by atoms with Gasteiger partial charge in [-0.3, -0.25) is 15.1 Å². The summed E-state index contributed by atoms with van der Waals surface area (Å²) in [7, 11) is 0. The lowest BCUT2D eigenvalue weighted by Gasteiger charge is -2.24. The molecule has 1 saturated heterocycles. The molecule has 104 valence electrons. The maximum absolute atomic E-state index is 11.9. The van der Waals surface area contributed by atoms with Gasteiger partial charge in [0.25, 0.3) is 0 Å². The van der Waals surface area contributed by atoms with Crippen LogP contribution >= 0.6 is 0 Å². The number of nitrogens with one attached hydrogen (secondary N) is 1. The smallest absolute Gasteiger partial charge is 0.242 e. The van der Waals surface area contributed by atoms with E-state index in [0.29, 0.717) is 13.1 Å². The first-order valence-electron chi connectivity index (χ1n) is 6.52. The second-order valence-corrected chi connectivity index (χ2v) is 5.45. The van der Waals surface area contributed by atoms with Crippen LogP contribution in [0.15, 0.2) is 30.3 Å². The number of carbonyl (C=O) groups is 1. The highest BCUT2D eigenvalue weighted by atomic mass is 16.3. The van der Waals surface area contributed by atoms with Crippen LogP contribution in [0, 0.1) is 0 Å². The van der Waals surface area contributed by atoms with E-state index < -0.39 is 5.60 Å². The van der Waals surface area contributed by atoms with Crippen molar-refractivity contribution in [3.05, 3.63) is 35.9 Å². The summed E-state index contributed by atoms with van der Waals surface area (Å²) in [5, 5.41) is 9.98. The van der Waals surface area contributed by atoms with Crippen molar-refractivity contribution in [1.82, 2.24) is 10.3 Å². The quantitative estimate of drug-likeness (QED) is 0.412. The predicted molar refractivity (Wildman–Crippen MR) is 73.2 cm³/mol. The molecule has 1 aliphatic heterocycles. The number of amides is 1. The van der Waals surface area contributed by atoms with Gasteiger partial charge in [0.2, 0.25) is 5.91 Å². The third-order valence-corrected chi connectivity index (χ3v) is 3.63. The number of aliphatic hydroxyl groups is 1. The summed E-state index contributed by atoms with van der Waals surface area (Å²) in [6.07, 6.45) is 0.735. The van der Waals surface area contributed by atoms with Crippen LogP contribution in [0.1, 0.15) is 24.8 Å². The lowest BCUT2D eigenvalue weighted by molar-refractivity contribution is -0.123. The van der Waals surface area contributed by atoms with Gasteiger partial charge in [0.15, 0.2) is 0 Å². The second-order valence-electron chi connectivity index (χ2n) is 5.45. The zero-order valence-electron chi connectivity index (χ0n) is 11.2. The average Bonchev–Trinajstić information content (AvgIpc) is 2.75. The molecule has 1 aromatic carbocycles. The van der Waals surface area contributed by atoms with Crippen molar-refractivity contribution in [2.24, 2.45) is 5.84 Å². The van der Waals surface area contributed by atoms with E-state index >= 15 is 0 Å². The number of hydrazine groups is 1. The summed E-state index contributed by atoms with van der Waals surface area (Å²) in [5.41, 5.74) is 2.52. The van der Waals surface area contributed by atoms with Gasteiger partial charge in [-0.25, -0.2) is 5.84 Å². The first-order valence-corrected chi connectivity index (χ1v) is 6.52. The van der Waals surface area contributed by atoms with Crippen molar-refractivity contribution in [2.45, 2.75) is 24.9 Å². The maximum atomic E-state index is 11.9. The van der Waals surface area contributed by atoms with Crippen molar-refractivity contribution in [2.75, 3.05) is 19.6 Å². The Morgan fingerprint density at radius 2 is 2.21 bits per heavy atom. The van der Waals surface area contributed by atoms with Gasteiger partial charge in [-0.05, 0) is 18.9 Å². The number of nitrogens with two attached hydrogens (primary N) is 1. The van der Waals surface area contributed by atoms with Crippen LogP contribution in [0.2, 0.25) is 0 Å². The topological polar surface area (TPSA) is 78.6 Å². The van der Waals surface area contributed by atoms with Gasteiger partial charge in [-0.2, -0.15) is 0 Å².